The van der Waals surface area contributed by atoms with Crippen LogP contribution in [0.25, 0.3) is 0 Å². The van der Waals surface area contributed by atoms with Gasteiger partial charge in [-0.1, -0.05) is 13.8 Å². The summed E-state index contributed by atoms with van der Waals surface area (Å²) in [5, 5.41) is 14.8. The molecule has 0 saturated carbocycles. The first-order chi connectivity index (χ1) is 11.8. The predicted octanol–water partition coefficient (Wildman–Crippen LogP) is 0.0836. The quantitative estimate of drug-likeness (QED) is 0.548. The summed E-state index contributed by atoms with van der Waals surface area (Å²) >= 11 is 0. The first-order valence-electron chi connectivity index (χ1n) is 8.54. The minimum absolute atomic E-state index is 0.0449. The lowest BCUT2D eigenvalue weighted by molar-refractivity contribution is -0.154. The van der Waals surface area contributed by atoms with E-state index in [0.29, 0.717) is 19.8 Å². The number of rotatable bonds is 5. The van der Waals surface area contributed by atoms with Crippen LogP contribution in [0, 0.1) is 11.8 Å². The Morgan fingerprint density at radius 3 is 2.52 bits per heavy atom. The Morgan fingerprint density at radius 2 is 1.96 bits per heavy atom. The molecule has 0 aromatic carbocycles. The van der Waals surface area contributed by atoms with Crippen LogP contribution in [0.4, 0.5) is 4.79 Å². The molecule has 0 aromatic rings. The van der Waals surface area contributed by atoms with Crippen molar-refractivity contribution >= 4 is 17.9 Å². The average Bonchev–Trinajstić information content (AvgIpc) is 2.48. The van der Waals surface area contributed by atoms with Crippen molar-refractivity contribution in [3.63, 3.8) is 0 Å². The van der Waals surface area contributed by atoms with Gasteiger partial charge in [0, 0.05) is 19.8 Å². The number of hydrogen-bond acceptors (Lipinski definition) is 5. The molecule has 5 N–H and O–H groups in total. The van der Waals surface area contributed by atoms with E-state index in [-0.39, 0.29) is 25.5 Å². The lowest BCUT2D eigenvalue weighted by Gasteiger charge is -2.37. The third-order valence-corrected chi connectivity index (χ3v) is 4.03. The number of carboxylic acids is 1. The molecule has 144 valence electrons. The van der Waals surface area contributed by atoms with E-state index in [4.69, 9.17) is 15.2 Å². The van der Waals surface area contributed by atoms with Gasteiger partial charge in [0.15, 0.2) is 5.54 Å². The van der Waals surface area contributed by atoms with Crippen LogP contribution in [0.2, 0.25) is 0 Å². The van der Waals surface area contributed by atoms with Gasteiger partial charge in [0.2, 0.25) is 5.91 Å². The van der Waals surface area contributed by atoms with Gasteiger partial charge in [0.05, 0.1) is 19.1 Å². The van der Waals surface area contributed by atoms with E-state index in [1.54, 1.807) is 0 Å². The van der Waals surface area contributed by atoms with Crippen molar-refractivity contribution in [2.24, 2.45) is 17.6 Å². The number of ether oxygens (including phenoxy) is 2. The maximum absolute atomic E-state index is 12.6. The topological polar surface area (TPSA) is 140 Å². The summed E-state index contributed by atoms with van der Waals surface area (Å²) in [7, 11) is 0. The largest absolute Gasteiger partial charge is 0.479 e. The summed E-state index contributed by atoms with van der Waals surface area (Å²) in [6, 6.07) is -0.995. The molecule has 2 atom stereocenters. The van der Waals surface area contributed by atoms with Crippen molar-refractivity contribution in [1.82, 2.24) is 10.6 Å². The van der Waals surface area contributed by atoms with Gasteiger partial charge in [0.25, 0.3) is 0 Å². The highest BCUT2D eigenvalue weighted by Gasteiger charge is 2.51. The van der Waals surface area contributed by atoms with Gasteiger partial charge in [0.1, 0.15) is 0 Å². The van der Waals surface area contributed by atoms with E-state index in [1.165, 1.54) is 0 Å². The fourth-order valence-corrected chi connectivity index (χ4v) is 2.96. The number of carboxylic acid groups (broad SMARTS) is 1. The zero-order chi connectivity index (χ0) is 18.9. The van der Waals surface area contributed by atoms with Gasteiger partial charge in [-0.3, -0.25) is 4.79 Å². The second kappa shape index (κ2) is 10.2. The van der Waals surface area contributed by atoms with E-state index < -0.39 is 29.4 Å². The van der Waals surface area contributed by atoms with Gasteiger partial charge >= 0.3 is 12.0 Å². The van der Waals surface area contributed by atoms with E-state index in [9.17, 15) is 19.5 Å². The molecule has 0 aromatic heterocycles. The molecule has 0 spiro atoms. The number of primary amides is 1. The van der Waals surface area contributed by atoms with Crippen LogP contribution in [-0.2, 0) is 19.1 Å². The molecule has 0 radical (unpaired) electrons. The highest BCUT2D eigenvalue weighted by Crippen LogP contribution is 2.28. The first-order valence-corrected chi connectivity index (χ1v) is 8.54. The number of nitrogens with one attached hydrogen (secondary N) is 2. The molecule has 0 bridgehead atoms. The Hall–Kier alpha value is -1.87. The Labute approximate surface area is 147 Å². The van der Waals surface area contributed by atoms with Crippen LogP contribution in [0.1, 0.15) is 33.1 Å². The van der Waals surface area contributed by atoms with Crippen LogP contribution in [0.5, 0.6) is 0 Å². The van der Waals surface area contributed by atoms with Crippen molar-refractivity contribution in [2.45, 2.75) is 38.6 Å². The second-order valence-electron chi connectivity index (χ2n) is 6.60. The zero-order valence-electron chi connectivity index (χ0n) is 14.9. The molecule has 25 heavy (non-hydrogen) atoms. The van der Waals surface area contributed by atoms with E-state index in [0.717, 1.165) is 12.8 Å². The molecule has 1 saturated heterocycles. The molecule has 1 aliphatic heterocycles. The van der Waals surface area contributed by atoms with Crippen LogP contribution in [0.3, 0.4) is 0 Å². The van der Waals surface area contributed by atoms with Crippen molar-refractivity contribution < 1.29 is 29.0 Å². The summed E-state index contributed by atoms with van der Waals surface area (Å²) in [4.78, 5) is 36.2. The van der Waals surface area contributed by atoms with Crippen LogP contribution < -0.4 is 16.4 Å². The van der Waals surface area contributed by atoms with Gasteiger partial charge in [-0.05, 0) is 25.2 Å². The Kier molecular flexibility index (Phi) is 8.64. The summed E-state index contributed by atoms with van der Waals surface area (Å²) in [5.74, 6) is -3.03. The molecular formula is C16H29N3O6. The molecule has 9 heteroatoms. The van der Waals surface area contributed by atoms with Crippen molar-refractivity contribution in [2.75, 3.05) is 33.0 Å². The number of urea groups is 1. The second-order valence-corrected chi connectivity index (χ2v) is 6.60. The monoisotopic (exact) mass is 359 g/mol. The summed E-state index contributed by atoms with van der Waals surface area (Å²) in [6.45, 7) is 5.05. The van der Waals surface area contributed by atoms with Gasteiger partial charge < -0.3 is 30.9 Å². The van der Waals surface area contributed by atoms with Crippen LogP contribution in [-0.4, -0.2) is 61.5 Å². The summed E-state index contributed by atoms with van der Waals surface area (Å²) in [6.07, 6.45) is 1.60. The third kappa shape index (κ3) is 6.50. The molecule has 9 nitrogen and oxygen atoms in total. The first kappa shape index (κ1) is 21.2. The molecule has 2 unspecified atom stereocenters. The maximum Gasteiger partial charge on any atom is 0.330 e. The standard InChI is InChI=1S/C16H29N3O6/c1-11(2)9-16(14(21)22,19-15(17)23)12-10-25-7-4-3-6-24-8-5-18-13(12)20/h11-12H,3-10H2,1-2H3,(H,18,20)(H,21,22)(H3,17,19,23). The minimum Gasteiger partial charge on any atom is -0.479 e. The zero-order valence-corrected chi connectivity index (χ0v) is 14.9. The Balaban J connectivity index is 3.14. The lowest BCUT2D eigenvalue weighted by atomic mass is 9.77. The highest BCUT2D eigenvalue weighted by atomic mass is 16.5. The fourth-order valence-electron chi connectivity index (χ4n) is 2.96. The van der Waals surface area contributed by atoms with Crippen molar-refractivity contribution in [3.05, 3.63) is 0 Å². The third-order valence-electron chi connectivity index (χ3n) is 4.03. The normalized spacial score (nSPS) is 22.8. The Morgan fingerprint density at radius 1 is 1.32 bits per heavy atom. The van der Waals surface area contributed by atoms with E-state index in [2.05, 4.69) is 10.6 Å². The minimum atomic E-state index is -1.84. The number of nitrogens with two attached hydrogens (primary N) is 1. The average molecular weight is 359 g/mol. The molecule has 3 amide bonds. The van der Waals surface area contributed by atoms with E-state index >= 15 is 0 Å². The molecule has 1 aliphatic rings. The number of amides is 3. The predicted molar refractivity (Wildman–Crippen MR) is 89.9 cm³/mol. The number of carbonyl (C=O) groups is 3. The van der Waals surface area contributed by atoms with E-state index in [1.807, 2.05) is 13.8 Å². The highest BCUT2D eigenvalue weighted by molar-refractivity contribution is 5.93. The van der Waals surface area contributed by atoms with Crippen molar-refractivity contribution in [3.8, 4) is 0 Å². The van der Waals surface area contributed by atoms with Crippen LogP contribution >= 0.6 is 0 Å². The molecule has 0 aliphatic carbocycles. The number of aliphatic carboxylic acids is 1. The van der Waals surface area contributed by atoms with Crippen LogP contribution in [0.15, 0.2) is 0 Å². The maximum atomic E-state index is 12.6. The molecule has 1 heterocycles. The molecular weight excluding hydrogens is 330 g/mol. The van der Waals surface area contributed by atoms with Crippen molar-refractivity contribution in [1.29, 1.82) is 0 Å². The lowest BCUT2D eigenvalue weighted by Crippen LogP contribution is -2.65. The number of carbonyl (C=O) groups excluding carboxylic acids is 2. The molecule has 1 fully saturated rings. The van der Waals surface area contributed by atoms with Gasteiger partial charge in [-0.15, -0.1) is 0 Å². The SMILES string of the molecule is CC(C)CC(NC(N)=O)(C(=O)O)C1COCCCCOCCNC1=O. The summed E-state index contributed by atoms with van der Waals surface area (Å²) in [5.41, 5.74) is 3.37. The smallest absolute Gasteiger partial charge is 0.330 e. The number of hydrogen-bond donors (Lipinski definition) is 4. The van der Waals surface area contributed by atoms with Gasteiger partial charge in [-0.25, -0.2) is 9.59 Å². The fraction of sp³-hybridized carbons (Fsp3) is 0.812. The van der Waals surface area contributed by atoms with Gasteiger partial charge in [-0.2, -0.15) is 0 Å². The summed E-state index contributed by atoms with van der Waals surface area (Å²) < 4.78 is 10.9. The molecule has 1 rings (SSSR count). The Bertz CT molecular complexity index is 471.